The van der Waals surface area contributed by atoms with Crippen molar-refractivity contribution < 1.29 is 12.8 Å². The van der Waals surface area contributed by atoms with Crippen molar-refractivity contribution >= 4 is 21.8 Å². The van der Waals surface area contributed by atoms with Crippen molar-refractivity contribution in [1.29, 1.82) is 0 Å². The first-order chi connectivity index (χ1) is 13.4. The molecule has 0 radical (unpaired) electrons. The summed E-state index contributed by atoms with van der Waals surface area (Å²) in [6.45, 7) is 1.90. The molecule has 0 aromatic heterocycles. The maximum atomic E-state index is 13.0. The largest absolute Gasteiger partial charge is 0.223 e. The molecular formula is C22H19FN2O2S. The summed E-state index contributed by atoms with van der Waals surface area (Å²) in [5, 5.41) is 8.17. The van der Waals surface area contributed by atoms with Gasteiger partial charge in [-0.2, -0.15) is 10.2 Å². The fourth-order valence-electron chi connectivity index (χ4n) is 2.52. The predicted molar refractivity (Wildman–Crippen MR) is 110 cm³/mol. The molecule has 3 aromatic rings. The third kappa shape index (κ3) is 5.20. The lowest BCUT2D eigenvalue weighted by molar-refractivity contribution is 0.600. The molecule has 0 heterocycles. The third-order valence-electron chi connectivity index (χ3n) is 4.07. The van der Waals surface area contributed by atoms with Gasteiger partial charge in [-0.1, -0.05) is 60.2 Å². The van der Waals surface area contributed by atoms with Crippen LogP contribution in [0.15, 0.2) is 94.0 Å². The van der Waals surface area contributed by atoms with Crippen LogP contribution in [-0.2, 0) is 9.84 Å². The first kappa shape index (κ1) is 19.6. The molecule has 0 amide bonds. The molecule has 28 heavy (non-hydrogen) atoms. The number of hydrogen-bond acceptors (Lipinski definition) is 4. The van der Waals surface area contributed by atoms with Gasteiger partial charge in [0.25, 0.3) is 0 Å². The van der Waals surface area contributed by atoms with Crippen LogP contribution in [-0.4, -0.2) is 26.1 Å². The Hall–Kier alpha value is -3.12. The Morgan fingerprint density at radius 3 is 2.21 bits per heavy atom. The molecule has 0 fully saturated rings. The molecule has 4 nitrogen and oxygen atoms in total. The van der Waals surface area contributed by atoms with Gasteiger partial charge >= 0.3 is 0 Å². The zero-order chi connectivity index (χ0) is 20.0. The molecule has 6 heteroatoms. The van der Waals surface area contributed by atoms with E-state index in [-0.39, 0.29) is 16.5 Å². The molecule has 0 bridgehead atoms. The van der Waals surface area contributed by atoms with Crippen LogP contribution >= 0.6 is 0 Å². The van der Waals surface area contributed by atoms with Gasteiger partial charge < -0.3 is 0 Å². The smallest absolute Gasteiger partial charge is 0.184 e. The van der Waals surface area contributed by atoms with Crippen LogP contribution in [0.2, 0.25) is 0 Å². The molecule has 0 aliphatic rings. The van der Waals surface area contributed by atoms with E-state index in [1.54, 1.807) is 48.5 Å². The lowest BCUT2D eigenvalue weighted by atomic mass is 10.1. The maximum Gasteiger partial charge on any atom is 0.184 e. The predicted octanol–water partition coefficient (Wildman–Crippen LogP) is 4.43. The topological polar surface area (TPSA) is 58.9 Å². The van der Waals surface area contributed by atoms with E-state index in [1.807, 2.05) is 25.1 Å². The number of aryl methyl sites for hydroxylation is 1. The normalized spacial score (nSPS) is 12.4. The van der Waals surface area contributed by atoms with Crippen LogP contribution in [0.25, 0.3) is 0 Å². The van der Waals surface area contributed by atoms with E-state index < -0.39 is 9.84 Å². The number of halogens is 1. The first-order valence-corrected chi connectivity index (χ1v) is 10.3. The quantitative estimate of drug-likeness (QED) is 0.459. The Morgan fingerprint density at radius 1 is 0.929 bits per heavy atom. The Morgan fingerprint density at radius 2 is 1.57 bits per heavy atom. The second kappa shape index (κ2) is 8.71. The summed E-state index contributed by atoms with van der Waals surface area (Å²) in [6, 6.07) is 21.5. The molecule has 0 saturated carbocycles. The number of hydrogen-bond donors (Lipinski definition) is 0. The van der Waals surface area contributed by atoms with Gasteiger partial charge in [-0.15, -0.1) is 0 Å². The van der Waals surface area contributed by atoms with Gasteiger partial charge in [0.1, 0.15) is 5.82 Å². The average molecular weight is 394 g/mol. The molecule has 0 unspecified atom stereocenters. The van der Waals surface area contributed by atoms with Gasteiger partial charge in [0.2, 0.25) is 0 Å². The molecule has 0 aliphatic carbocycles. The standard InChI is InChI=1S/C22H19FN2O2S/c1-17-7-13-21(14-8-17)28(26,27)16-22(19-5-3-2-4-6-19)25-24-15-18-9-11-20(23)12-10-18/h2-15H,16H2,1H3/b24-15+,25-22-. The zero-order valence-corrected chi connectivity index (χ0v) is 16.1. The lowest BCUT2D eigenvalue weighted by Gasteiger charge is -2.07. The second-order valence-corrected chi connectivity index (χ2v) is 8.27. The van der Waals surface area contributed by atoms with E-state index in [1.165, 1.54) is 18.3 Å². The van der Waals surface area contributed by atoms with Crippen LogP contribution in [0.5, 0.6) is 0 Å². The summed E-state index contributed by atoms with van der Waals surface area (Å²) in [5.74, 6) is -0.615. The van der Waals surface area contributed by atoms with Crippen molar-refractivity contribution in [3.8, 4) is 0 Å². The Labute approximate surface area is 164 Å². The van der Waals surface area contributed by atoms with Crippen molar-refractivity contribution in [1.82, 2.24) is 0 Å². The highest BCUT2D eigenvalue weighted by Crippen LogP contribution is 2.15. The van der Waals surface area contributed by atoms with Crippen molar-refractivity contribution in [2.75, 3.05) is 5.75 Å². The van der Waals surface area contributed by atoms with E-state index in [2.05, 4.69) is 10.2 Å². The molecular weight excluding hydrogens is 375 g/mol. The van der Waals surface area contributed by atoms with Gasteiger partial charge in [-0.05, 0) is 42.3 Å². The van der Waals surface area contributed by atoms with Gasteiger partial charge in [-0.3, -0.25) is 0 Å². The van der Waals surface area contributed by atoms with E-state index in [4.69, 9.17) is 0 Å². The summed E-state index contributed by atoms with van der Waals surface area (Å²) in [4.78, 5) is 0.240. The van der Waals surface area contributed by atoms with Gasteiger partial charge in [0.15, 0.2) is 9.84 Å². The summed E-state index contributed by atoms with van der Waals surface area (Å²) >= 11 is 0. The van der Waals surface area contributed by atoms with Crippen molar-refractivity contribution in [2.24, 2.45) is 10.2 Å². The molecule has 3 aromatic carbocycles. The van der Waals surface area contributed by atoms with Crippen LogP contribution in [0.3, 0.4) is 0 Å². The average Bonchev–Trinajstić information content (AvgIpc) is 2.69. The minimum Gasteiger partial charge on any atom is -0.223 e. The molecule has 0 atom stereocenters. The highest BCUT2D eigenvalue weighted by Gasteiger charge is 2.19. The van der Waals surface area contributed by atoms with E-state index in [9.17, 15) is 12.8 Å². The highest BCUT2D eigenvalue weighted by atomic mass is 32.2. The minimum absolute atomic E-state index is 0.240. The van der Waals surface area contributed by atoms with Crippen LogP contribution < -0.4 is 0 Å². The SMILES string of the molecule is Cc1ccc(S(=O)(=O)C/C(=N/N=C/c2ccc(F)cc2)c2ccccc2)cc1. The second-order valence-electron chi connectivity index (χ2n) is 6.28. The number of sulfone groups is 1. The fourth-order valence-corrected chi connectivity index (χ4v) is 3.83. The Balaban J connectivity index is 1.91. The maximum absolute atomic E-state index is 13.0. The highest BCUT2D eigenvalue weighted by molar-refractivity contribution is 7.92. The summed E-state index contributed by atoms with van der Waals surface area (Å²) in [5.41, 5.74) is 2.66. The first-order valence-electron chi connectivity index (χ1n) is 8.64. The van der Waals surface area contributed by atoms with Crippen LogP contribution in [0.4, 0.5) is 4.39 Å². The van der Waals surface area contributed by atoms with Gasteiger partial charge in [0, 0.05) is 0 Å². The molecule has 3 rings (SSSR count). The minimum atomic E-state index is -3.58. The van der Waals surface area contributed by atoms with Crippen LogP contribution in [0.1, 0.15) is 16.7 Å². The Bertz CT molecular complexity index is 1090. The molecule has 0 aliphatic heterocycles. The van der Waals surface area contributed by atoms with E-state index in [0.29, 0.717) is 16.8 Å². The summed E-state index contributed by atoms with van der Waals surface area (Å²) in [7, 11) is -3.58. The van der Waals surface area contributed by atoms with Gasteiger partial charge in [-0.25, -0.2) is 12.8 Å². The number of rotatable bonds is 6. The molecule has 142 valence electrons. The zero-order valence-electron chi connectivity index (χ0n) is 15.3. The van der Waals surface area contributed by atoms with Crippen molar-refractivity contribution in [3.63, 3.8) is 0 Å². The molecule has 0 spiro atoms. The summed E-state index contributed by atoms with van der Waals surface area (Å²) < 4.78 is 38.6. The van der Waals surface area contributed by atoms with Crippen molar-refractivity contribution in [2.45, 2.75) is 11.8 Å². The number of benzene rings is 3. The molecule has 0 N–H and O–H groups in total. The lowest BCUT2D eigenvalue weighted by Crippen LogP contribution is -2.17. The van der Waals surface area contributed by atoms with Crippen LogP contribution in [0, 0.1) is 12.7 Å². The van der Waals surface area contributed by atoms with Crippen molar-refractivity contribution in [3.05, 3.63) is 101 Å². The summed E-state index contributed by atoms with van der Waals surface area (Å²) in [6.07, 6.45) is 1.46. The van der Waals surface area contributed by atoms with E-state index >= 15 is 0 Å². The van der Waals surface area contributed by atoms with E-state index in [0.717, 1.165) is 5.56 Å². The third-order valence-corrected chi connectivity index (χ3v) is 5.71. The fraction of sp³-hybridized carbons (Fsp3) is 0.0909. The number of nitrogens with zero attached hydrogens (tertiary/aromatic N) is 2. The van der Waals surface area contributed by atoms with Gasteiger partial charge in [0.05, 0.1) is 22.6 Å². The monoisotopic (exact) mass is 394 g/mol. The Kier molecular flexibility index (Phi) is 6.11. The molecule has 0 saturated heterocycles.